The molecule has 0 aliphatic rings. The SMILES string of the molecule is Cc1occc1C(=O)NC(C)(C)CCN. The number of hydrogen-bond donors (Lipinski definition) is 2. The first kappa shape index (κ1) is 11.8. The van der Waals surface area contributed by atoms with Gasteiger partial charge in [0, 0.05) is 5.54 Å². The Hall–Kier alpha value is -1.29. The van der Waals surface area contributed by atoms with Crippen molar-refractivity contribution in [1.29, 1.82) is 0 Å². The summed E-state index contributed by atoms with van der Waals surface area (Å²) in [6.07, 6.45) is 2.26. The quantitative estimate of drug-likeness (QED) is 0.790. The summed E-state index contributed by atoms with van der Waals surface area (Å²) in [5.41, 5.74) is 5.77. The van der Waals surface area contributed by atoms with Crippen LogP contribution in [0.25, 0.3) is 0 Å². The third-order valence-corrected chi connectivity index (χ3v) is 2.32. The molecule has 0 radical (unpaired) electrons. The highest BCUT2D eigenvalue weighted by Crippen LogP contribution is 2.12. The molecule has 1 heterocycles. The minimum absolute atomic E-state index is 0.111. The molecular weight excluding hydrogens is 192 g/mol. The lowest BCUT2D eigenvalue weighted by Gasteiger charge is -2.25. The Balaban J connectivity index is 2.68. The van der Waals surface area contributed by atoms with E-state index in [2.05, 4.69) is 5.32 Å². The number of rotatable bonds is 4. The first-order valence-corrected chi connectivity index (χ1v) is 5.03. The van der Waals surface area contributed by atoms with Crippen molar-refractivity contribution in [3.8, 4) is 0 Å². The van der Waals surface area contributed by atoms with Gasteiger partial charge in [0.1, 0.15) is 5.76 Å². The number of aryl methyl sites for hydroxylation is 1. The second kappa shape index (κ2) is 4.49. The van der Waals surface area contributed by atoms with Gasteiger partial charge in [0.05, 0.1) is 11.8 Å². The van der Waals surface area contributed by atoms with Crippen LogP contribution in [0.4, 0.5) is 0 Å². The van der Waals surface area contributed by atoms with Crippen molar-refractivity contribution >= 4 is 5.91 Å². The van der Waals surface area contributed by atoms with Crippen LogP contribution >= 0.6 is 0 Å². The highest BCUT2D eigenvalue weighted by Gasteiger charge is 2.21. The lowest BCUT2D eigenvalue weighted by atomic mass is 10.0. The summed E-state index contributed by atoms with van der Waals surface area (Å²) in [5.74, 6) is 0.524. The van der Waals surface area contributed by atoms with Crippen LogP contribution in [0, 0.1) is 6.92 Å². The first-order chi connectivity index (χ1) is 6.96. The molecule has 84 valence electrons. The van der Waals surface area contributed by atoms with E-state index in [1.165, 1.54) is 6.26 Å². The van der Waals surface area contributed by atoms with E-state index in [0.717, 1.165) is 6.42 Å². The standard InChI is InChI=1S/C11H18N2O2/c1-8-9(4-7-15-8)10(14)13-11(2,3)5-6-12/h4,7H,5-6,12H2,1-3H3,(H,13,14). The monoisotopic (exact) mass is 210 g/mol. The number of carbonyl (C=O) groups is 1. The molecule has 0 saturated carbocycles. The van der Waals surface area contributed by atoms with Gasteiger partial charge in [-0.2, -0.15) is 0 Å². The highest BCUT2D eigenvalue weighted by molar-refractivity contribution is 5.95. The third-order valence-electron chi connectivity index (χ3n) is 2.32. The van der Waals surface area contributed by atoms with Crippen LogP contribution in [-0.4, -0.2) is 18.0 Å². The summed E-state index contributed by atoms with van der Waals surface area (Å²) in [4.78, 5) is 11.8. The molecule has 0 bridgehead atoms. The Morgan fingerprint density at radius 3 is 2.73 bits per heavy atom. The summed E-state index contributed by atoms with van der Waals surface area (Å²) in [6.45, 7) is 6.23. The number of carbonyl (C=O) groups excluding carboxylic acids is 1. The van der Waals surface area contributed by atoms with Crippen molar-refractivity contribution in [3.05, 3.63) is 23.7 Å². The molecule has 1 aromatic heterocycles. The minimum Gasteiger partial charge on any atom is -0.469 e. The van der Waals surface area contributed by atoms with Crippen molar-refractivity contribution in [1.82, 2.24) is 5.32 Å². The van der Waals surface area contributed by atoms with Gasteiger partial charge in [-0.1, -0.05) is 0 Å². The molecule has 0 aromatic carbocycles. The largest absolute Gasteiger partial charge is 0.469 e. The zero-order valence-corrected chi connectivity index (χ0v) is 9.46. The predicted molar refractivity (Wildman–Crippen MR) is 58.7 cm³/mol. The van der Waals surface area contributed by atoms with E-state index < -0.39 is 0 Å². The maximum atomic E-state index is 11.8. The van der Waals surface area contributed by atoms with E-state index in [9.17, 15) is 4.79 Å². The van der Waals surface area contributed by atoms with Crippen LogP contribution < -0.4 is 11.1 Å². The Kier molecular flexibility index (Phi) is 3.52. The van der Waals surface area contributed by atoms with Crippen molar-refractivity contribution in [2.45, 2.75) is 32.7 Å². The van der Waals surface area contributed by atoms with Crippen LogP contribution in [0.3, 0.4) is 0 Å². The summed E-state index contributed by atoms with van der Waals surface area (Å²) in [6, 6.07) is 1.67. The number of nitrogens with two attached hydrogens (primary N) is 1. The van der Waals surface area contributed by atoms with Gasteiger partial charge in [-0.05, 0) is 39.8 Å². The molecule has 1 amide bonds. The Morgan fingerprint density at radius 1 is 1.60 bits per heavy atom. The Bertz CT molecular complexity index is 342. The van der Waals surface area contributed by atoms with E-state index >= 15 is 0 Å². The molecule has 15 heavy (non-hydrogen) atoms. The van der Waals surface area contributed by atoms with E-state index in [1.807, 2.05) is 13.8 Å². The van der Waals surface area contributed by atoms with E-state index in [4.69, 9.17) is 10.2 Å². The second-order valence-electron chi connectivity index (χ2n) is 4.27. The van der Waals surface area contributed by atoms with Crippen LogP contribution in [-0.2, 0) is 0 Å². The average Bonchev–Trinajstić information content (AvgIpc) is 2.50. The van der Waals surface area contributed by atoms with Gasteiger partial charge >= 0.3 is 0 Å². The summed E-state index contributed by atoms with van der Waals surface area (Å²) in [7, 11) is 0. The van der Waals surface area contributed by atoms with Crippen LogP contribution in [0.15, 0.2) is 16.7 Å². The normalized spacial score (nSPS) is 11.5. The molecule has 0 saturated heterocycles. The molecule has 0 unspecified atom stereocenters. The van der Waals surface area contributed by atoms with Gasteiger partial charge in [0.15, 0.2) is 0 Å². The molecule has 0 aliphatic heterocycles. The molecule has 0 fully saturated rings. The topological polar surface area (TPSA) is 68.3 Å². The van der Waals surface area contributed by atoms with Crippen molar-refractivity contribution in [2.75, 3.05) is 6.54 Å². The van der Waals surface area contributed by atoms with Crippen molar-refractivity contribution in [2.24, 2.45) is 5.73 Å². The lowest BCUT2D eigenvalue weighted by Crippen LogP contribution is -2.44. The molecule has 0 aliphatic carbocycles. The molecule has 0 atom stereocenters. The lowest BCUT2D eigenvalue weighted by molar-refractivity contribution is 0.0909. The van der Waals surface area contributed by atoms with E-state index in [0.29, 0.717) is 17.9 Å². The van der Waals surface area contributed by atoms with E-state index in [1.54, 1.807) is 13.0 Å². The first-order valence-electron chi connectivity index (χ1n) is 5.03. The molecule has 4 nitrogen and oxygen atoms in total. The fourth-order valence-corrected chi connectivity index (χ4v) is 1.42. The molecule has 0 spiro atoms. The number of furan rings is 1. The molecule has 1 rings (SSSR count). The van der Waals surface area contributed by atoms with Gasteiger partial charge in [0.25, 0.3) is 5.91 Å². The fourth-order valence-electron chi connectivity index (χ4n) is 1.42. The van der Waals surface area contributed by atoms with Crippen LogP contribution in [0.5, 0.6) is 0 Å². The van der Waals surface area contributed by atoms with Gasteiger partial charge in [-0.15, -0.1) is 0 Å². The summed E-state index contributed by atoms with van der Waals surface area (Å²) in [5, 5.41) is 2.92. The Labute approximate surface area is 89.8 Å². The predicted octanol–water partition coefficient (Wildman–Crippen LogP) is 1.45. The van der Waals surface area contributed by atoms with Gasteiger partial charge < -0.3 is 15.5 Å². The van der Waals surface area contributed by atoms with Gasteiger partial charge in [-0.25, -0.2) is 0 Å². The van der Waals surface area contributed by atoms with Crippen molar-refractivity contribution in [3.63, 3.8) is 0 Å². The maximum Gasteiger partial charge on any atom is 0.255 e. The summed E-state index contributed by atoms with van der Waals surface area (Å²) < 4.78 is 5.07. The third kappa shape index (κ3) is 3.09. The average molecular weight is 210 g/mol. The smallest absolute Gasteiger partial charge is 0.255 e. The number of amides is 1. The molecule has 1 aromatic rings. The summed E-state index contributed by atoms with van der Waals surface area (Å²) >= 11 is 0. The van der Waals surface area contributed by atoms with E-state index in [-0.39, 0.29) is 11.4 Å². The van der Waals surface area contributed by atoms with Gasteiger partial charge in [0.2, 0.25) is 0 Å². The molecule has 4 heteroatoms. The molecule has 3 N–H and O–H groups in total. The van der Waals surface area contributed by atoms with Gasteiger partial charge in [-0.3, -0.25) is 4.79 Å². The number of hydrogen-bond acceptors (Lipinski definition) is 3. The van der Waals surface area contributed by atoms with Crippen LogP contribution in [0.2, 0.25) is 0 Å². The van der Waals surface area contributed by atoms with Crippen molar-refractivity contribution < 1.29 is 9.21 Å². The highest BCUT2D eigenvalue weighted by atomic mass is 16.3. The zero-order chi connectivity index (χ0) is 11.5. The molecular formula is C11H18N2O2. The number of nitrogens with one attached hydrogen (secondary N) is 1. The fraction of sp³-hybridized carbons (Fsp3) is 0.545. The zero-order valence-electron chi connectivity index (χ0n) is 9.46. The van der Waals surface area contributed by atoms with Crippen LogP contribution in [0.1, 0.15) is 36.4 Å². The Morgan fingerprint density at radius 2 is 2.27 bits per heavy atom. The minimum atomic E-state index is -0.282. The maximum absolute atomic E-state index is 11.8. The second-order valence-corrected chi connectivity index (χ2v) is 4.27.